The maximum absolute atomic E-state index is 13.4. The predicted octanol–water partition coefficient (Wildman–Crippen LogP) is 3.51. The van der Waals surface area contributed by atoms with E-state index in [-0.39, 0.29) is 33.7 Å². The molecule has 12 nitrogen and oxygen atoms in total. The van der Waals surface area contributed by atoms with E-state index in [9.17, 15) is 49.9 Å². The van der Waals surface area contributed by atoms with Gasteiger partial charge in [0, 0.05) is 14.6 Å². The van der Waals surface area contributed by atoms with Gasteiger partial charge in [0.05, 0.1) is 54.9 Å². The lowest BCUT2D eigenvalue weighted by Crippen LogP contribution is -2.41. The number of esters is 2. The number of aromatic nitrogens is 2. The predicted molar refractivity (Wildman–Crippen MR) is 154 cm³/mol. The molecule has 0 fully saturated rings. The molecular formula is C26H21F7IN7O5. The van der Waals surface area contributed by atoms with Crippen molar-refractivity contribution in [3.8, 4) is 0 Å². The number of hydrogen-bond acceptors (Lipinski definition) is 9. The summed E-state index contributed by atoms with van der Waals surface area (Å²) in [5.74, 6) is -6.26. The van der Waals surface area contributed by atoms with E-state index in [2.05, 4.69) is 41.2 Å². The number of halogens is 8. The Bertz CT molecular complexity index is 1690. The molecule has 2 heterocycles. The van der Waals surface area contributed by atoms with Crippen LogP contribution in [0.25, 0.3) is 10.9 Å². The van der Waals surface area contributed by atoms with Crippen molar-refractivity contribution in [1.82, 2.24) is 26.1 Å². The fourth-order valence-electron chi connectivity index (χ4n) is 4.15. The molecule has 20 heteroatoms. The molecule has 0 aliphatic carbocycles. The number of aliphatic imine (C=N–C) groups is 1. The number of guanidine groups is 1. The Labute approximate surface area is 267 Å². The van der Waals surface area contributed by atoms with Crippen molar-refractivity contribution in [3.05, 3.63) is 56.8 Å². The fraction of sp³-hybridized carbons (Fsp3) is 0.308. The number of H-pyrrole nitrogens is 1. The first kappa shape index (κ1) is 34.4. The Morgan fingerprint density at radius 1 is 1.07 bits per heavy atom. The number of ether oxygens (including phenoxy) is 1. The van der Waals surface area contributed by atoms with Crippen molar-refractivity contribution in [2.45, 2.75) is 31.0 Å². The molecule has 0 saturated carbocycles. The van der Waals surface area contributed by atoms with E-state index in [1.54, 1.807) is 6.07 Å². The van der Waals surface area contributed by atoms with E-state index in [0.29, 0.717) is 22.7 Å². The zero-order valence-electron chi connectivity index (χ0n) is 22.9. The van der Waals surface area contributed by atoms with Crippen molar-refractivity contribution >= 4 is 68.9 Å². The third-order valence-corrected chi connectivity index (χ3v) is 6.83. The van der Waals surface area contributed by atoms with Crippen LogP contribution in [0.2, 0.25) is 0 Å². The number of rotatable bonds is 8. The summed E-state index contributed by atoms with van der Waals surface area (Å²) in [5.41, 5.74) is -0.781. The van der Waals surface area contributed by atoms with Crippen LogP contribution >= 0.6 is 22.6 Å². The van der Waals surface area contributed by atoms with Crippen molar-refractivity contribution < 1.29 is 54.6 Å². The second kappa shape index (κ2) is 13.9. The van der Waals surface area contributed by atoms with Crippen molar-refractivity contribution in [1.29, 1.82) is 0 Å². The molecule has 246 valence electrons. The van der Waals surface area contributed by atoms with E-state index < -0.39 is 66.8 Å². The SMILES string of the molecule is O=C(CNC(=O)c1cc(NC2=NCC(F)CN2)cc2[nH]ncc12)N[C@@H](CC(=O)OC(=O)C(F)(F)F)c1cc(I)cc(C(F)(F)F)c1. The van der Waals surface area contributed by atoms with Crippen LogP contribution in [0.4, 0.5) is 36.4 Å². The molecule has 2 atom stereocenters. The van der Waals surface area contributed by atoms with Gasteiger partial charge in [0.25, 0.3) is 5.91 Å². The van der Waals surface area contributed by atoms with E-state index in [1.807, 2.05) is 0 Å². The van der Waals surface area contributed by atoms with Crippen LogP contribution in [0.5, 0.6) is 0 Å². The highest BCUT2D eigenvalue weighted by Crippen LogP contribution is 2.33. The van der Waals surface area contributed by atoms with Gasteiger partial charge in [-0.3, -0.25) is 19.5 Å². The number of carbonyl (C=O) groups is 4. The topological polar surface area (TPSA) is 167 Å². The molecule has 0 radical (unpaired) electrons. The van der Waals surface area contributed by atoms with Crippen LogP contribution in [0.3, 0.4) is 0 Å². The van der Waals surface area contributed by atoms with Gasteiger partial charge in [-0.05, 0) is 58.5 Å². The van der Waals surface area contributed by atoms with Crippen molar-refractivity contribution in [2.75, 3.05) is 25.0 Å². The maximum Gasteiger partial charge on any atom is 0.491 e. The molecule has 2 amide bonds. The van der Waals surface area contributed by atoms with Gasteiger partial charge in [-0.1, -0.05) is 0 Å². The summed E-state index contributed by atoms with van der Waals surface area (Å²) in [6, 6.07) is 3.72. The Balaban J connectivity index is 1.51. The van der Waals surface area contributed by atoms with E-state index in [4.69, 9.17) is 0 Å². The molecule has 0 saturated heterocycles. The van der Waals surface area contributed by atoms with E-state index in [1.165, 1.54) is 34.9 Å². The second-order valence-corrected chi connectivity index (χ2v) is 10.9. The molecule has 2 aromatic carbocycles. The lowest BCUT2D eigenvalue weighted by molar-refractivity contribution is -0.202. The minimum Gasteiger partial charge on any atom is -0.386 e. The monoisotopic (exact) mass is 771 g/mol. The zero-order valence-corrected chi connectivity index (χ0v) is 25.1. The highest BCUT2D eigenvalue weighted by Gasteiger charge is 2.43. The van der Waals surface area contributed by atoms with Crippen LogP contribution in [-0.4, -0.2) is 71.9 Å². The lowest BCUT2D eigenvalue weighted by atomic mass is 10.0. The molecule has 3 aromatic rings. The van der Waals surface area contributed by atoms with Gasteiger partial charge in [0.15, 0.2) is 5.96 Å². The van der Waals surface area contributed by atoms with Gasteiger partial charge < -0.3 is 26.0 Å². The van der Waals surface area contributed by atoms with Gasteiger partial charge in [-0.25, -0.2) is 14.2 Å². The number of carbonyl (C=O) groups excluding carboxylic acids is 4. The number of hydrogen-bond donors (Lipinski definition) is 5. The van der Waals surface area contributed by atoms with Crippen molar-refractivity contribution in [3.63, 3.8) is 0 Å². The van der Waals surface area contributed by atoms with Crippen LogP contribution in [-0.2, 0) is 25.3 Å². The number of alkyl halides is 7. The Hall–Kier alpha value is -4.50. The number of anilines is 1. The first-order valence-corrected chi connectivity index (χ1v) is 14.0. The standard InChI is InChI=1S/C26H21F7IN7O5/c27-13-7-36-24(37-8-13)39-15-4-16(17-9-38-41-19(17)5-15)22(44)35-10-20(42)40-18(6-21(43)46-23(45)26(31,32)33)11-1-12(25(28,29)30)3-14(34)2-11/h1-5,9,13,18H,6-8,10H2,(H,35,44)(H,38,41)(H,40,42)(H2,36,37,39)/t18-/m0/s1. The van der Waals surface area contributed by atoms with Gasteiger partial charge in [-0.15, -0.1) is 0 Å². The average molecular weight is 771 g/mol. The number of amides is 2. The van der Waals surface area contributed by atoms with Gasteiger partial charge >= 0.3 is 24.3 Å². The molecule has 1 aliphatic heterocycles. The zero-order chi connectivity index (χ0) is 33.8. The first-order chi connectivity index (χ1) is 21.5. The minimum absolute atomic E-state index is 0.00577. The molecular weight excluding hydrogens is 750 g/mol. The van der Waals surface area contributed by atoms with Gasteiger partial charge in [0.1, 0.15) is 6.17 Å². The number of benzene rings is 2. The summed E-state index contributed by atoms with van der Waals surface area (Å²) in [4.78, 5) is 53.2. The number of aromatic amines is 1. The van der Waals surface area contributed by atoms with Crippen molar-refractivity contribution in [2.24, 2.45) is 4.99 Å². The third-order valence-electron chi connectivity index (χ3n) is 6.21. The molecule has 1 aromatic heterocycles. The Kier molecular flexibility index (Phi) is 10.4. The lowest BCUT2D eigenvalue weighted by Gasteiger charge is -2.21. The Morgan fingerprint density at radius 3 is 2.46 bits per heavy atom. The second-order valence-electron chi connectivity index (χ2n) is 9.68. The summed E-state index contributed by atoms with van der Waals surface area (Å²) < 4.78 is 95.2. The van der Waals surface area contributed by atoms with Gasteiger partial charge in [-0.2, -0.15) is 31.4 Å². The van der Waals surface area contributed by atoms with Crippen LogP contribution in [0.1, 0.15) is 33.9 Å². The third kappa shape index (κ3) is 9.03. The molecule has 4 rings (SSSR count). The molecule has 5 N–H and O–H groups in total. The Morgan fingerprint density at radius 2 is 1.80 bits per heavy atom. The van der Waals surface area contributed by atoms with E-state index >= 15 is 0 Å². The highest BCUT2D eigenvalue weighted by molar-refractivity contribution is 14.1. The van der Waals surface area contributed by atoms with E-state index in [0.717, 1.165) is 12.1 Å². The van der Waals surface area contributed by atoms with Gasteiger partial charge in [0.2, 0.25) is 5.91 Å². The molecule has 1 aliphatic rings. The molecule has 1 unspecified atom stereocenters. The summed E-state index contributed by atoms with van der Waals surface area (Å²) in [7, 11) is 0. The summed E-state index contributed by atoms with van der Waals surface area (Å²) in [6.07, 6.45) is -11.4. The first-order valence-electron chi connectivity index (χ1n) is 12.9. The fourth-order valence-corrected chi connectivity index (χ4v) is 4.85. The quantitative estimate of drug-likeness (QED) is 0.101. The summed E-state index contributed by atoms with van der Waals surface area (Å²) >= 11 is 1.53. The van der Waals surface area contributed by atoms with Crippen LogP contribution < -0.4 is 21.3 Å². The number of nitrogens with one attached hydrogen (secondary N) is 5. The average Bonchev–Trinajstić information content (AvgIpc) is 3.44. The van der Waals surface area contributed by atoms with Crippen LogP contribution in [0, 0.1) is 3.57 Å². The minimum atomic E-state index is -5.53. The summed E-state index contributed by atoms with van der Waals surface area (Å²) in [6.45, 7) is -0.871. The highest BCUT2D eigenvalue weighted by atomic mass is 127. The normalized spacial score (nSPS) is 15.7. The molecule has 0 bridgehead atoms. The molecule has 46 heavy (non-hydrogen) atoms. The number of nitrogens with zero attached hydrogens (tertiary/aromatic N) is 2. The smallest absolute Gasteiger partial charge is 0.386 e. The van der Waals surface area contributed by atoms with Crippen LogP contribution in [0.15, 0.2) is 41.5 Å². The summed E-state index contributed by atoms with van der Waals surface area (Å²) in [5, 5.41) is 17.0. The number of fused-ring (bicyclic) bond motifs is 1. The largest absolute Gasteiger partial charge is 0.491 e. The maximum atomic E-state index is 13.4. The molecule has 0 spiro atoms.